The van der Waals surface area contributed by atoms with Crippen LogP contribution in [0, 0.1) is 5.92 Å². The smallest absolute Gasteiger partial charge is 0.408 e. The third kappa shape index (κ3) is 7.82. The first-order chi connectivity index (χ1) is 24.3. The molecule has 0 bridgehead atoms. The van der Waals surface area contributed by atoms with Crippen molar-refractivity contribution in [1.29, 1.82) is 0 Å². The summed E-state index contributed by atoms with van der Waals surface area (Å²) in [6.07, 6.45) is 12.5. The van der Waals surface area contributed by atoms with Crippen LogP contribution < -0.4 is 20.1 Å². The molecule has 2 saturated carbocycles. The lowest BCUT2D eigenvalue weighted by Gasteiger charge is -2.29. The summed E-state index contributed by atoms with van der Waals surface area (Å²) in [5, 5.41) is 6.61. The van der Waals surface area contributed by atoms with E-state index in [2.05, 4.69) is 10.6 Å². The summed E-state index contributed by atoms with van der Waals surface area (Å²) in [4.78, 5) is 62.0. The summed E-state index contributed by atoms with van der Waals surface area (Å²) in [6, 6.07) is 5.74. The van der Waals surface area contributed by atoms with E-state index >= 15 is 0 Å². The Morgan fingerprint density at radius 3 is 2.66 bits per heavy atom. The van der Waals surface area contributed by atoms with Crippen LogP contribution in [0.1, 0.15) is 77.6 Å². The molecule has 13 heteroatoms. The standard InChI is InChI=1S/C37H48N4O8S/c1-4-47-31-20-29(26-16-12-18-30(50-3)32(26)39-31)48-25-19-28-33(42)40-37(35(44)46-2)21-23(37)13-8-6-5-7-9-17-27(34(43)41(28)22-25)38-36(45)49-24-14-10-11-15-24/h8,12-13,16,18,20,23-25,27-28H,4-7,9-11,14-15,17,19,21-22H2,1-3H3,(H,38,45)(H,40,42)/b13-8-/t23-,25+,27-,28-,37+/m0/s1. The number of hydrogen-bond acceptors (Lipinski definition) is 10. The van der Waals surface area contributed by atoms with Gasteiger partial charge in [0.15, 0.2) is 0 Å². The van der Waals surface area contributed by atoms with Crippen molar-refractivity contribution in [2.24, 2.45) is 5.92 Å². The largest absolute Gasteiger partial charge is 0.488 e. The Labute approximate surface area is 297 Å². The van der Waals surface area contributed by atoms with Crippen molar-refractivity contribution < 1.29 is 38.1 Å². The van der Waals surface area contributed by atoms with E-state index in [0.717, 1.165) is 60.7 Å². The molecular weight excluding hydrogens is 660 g/mol. The molecule has 1 saturated heterocycles. The number of thioether (sulfide) groups is 1. The van der Waals surface area contributed by atoms with E-state index in [1.165, 1.54) is 12.0 Å². The Morgan fingerprint density at radius 2 is 1.90 bits per heavy atom. The van der Waals surface area contributed by atoms with Gasteiger partial charge in [-0.2, -0.15) is 0 Å². The highest BCUT2D eigenvalue weighted by Crippen LogP contribution is 2.46. The number of esters is 1. The molecule has 1 aromatic heterocycles. The number of rotatable bonds is 8. The van der Waals surface area contributed by atoms with Gasteiger partial charge in [-0.25, -0.2) is 14.6 Å². The first kappa shape index (κ1) is 35.8. The highest BCUT2D eigenvalue weighted by atomic mass is 32.2. The van der Waals surface area contributed by atoms with Crippen molar-refractivity contribution in [3.63, 3.8) is 0 Å². The molecule has 3 heterocycles. The van der Waals surface area contributed by atoms with Gasteiger partial charge in [0.2, 0.25) is 17.7 Å². The number of carbonyl (C=O) groups is 4. The van der Waals surface area contributed by atoms with E-state index in [4.69, 9.17) is 23.9 Å². The number of amides is 3. The van der Waals surface area contributed by atoms with Crippen LogP contribution in [0.15, 0.2) is 41.3 Å². The van der Waals surface area contributed by atoms with Crippen LogP contribution in [-0.2, 0) is 23.9 Å². The Morgan fingerprint density at radius 1 is 1.10 bits per heavy atom. The zero-order valence-corrected chi connectivity index (χ0v) is 29.9. The zero-order chi connectivity index (χ0) is 35.3. The molecule has 0 radical (unpaired) electrons. The maximum absolute atomic E-state index is 14.5. The van der Waals surface area contributed by atoms with Crippen LogP contribution in [0.25, 0.3) is 10.9 Å². The number of fused-ring (bicyclic) bond motifs is 3. The van der Waals surface area contributed by atoms with Gasteiger partial charge in [-0.3, -0.25) is 9.59 Å². The van der Waals surface area contributed by atoms with Crippen molar-refractivity contribution >= 4 is 46.5 Å². The van der Waals surface area contributed by atoms with Crippen LogP contribution in [0.4, 0.5) is 4.79 Å². The molecule has 0 unspecified atom stereocenters. The minimum atomic E-state index is -1.19. The van der Waals surface area contributed by atoms with Gasteiger partial charge in [0.05, 0.1) is 25.8 Å². The van der Waals surface area contributed by atoms with E-state index in [1.807, 2.05) is 43.5 Å². The lowest BCUT2D eigenvalue weighted by atomic mass is 10.0. The number of benzene rings is 1. The van der Waals surface area contributed by atoms with E-state index in [0.29, 0.717) is 37.5 Å². The second kappa shape index (κ2) is 15.9. The lowest BCUT2D eigenvalue weighted by Crippen LogP contribution is -2.56. The molecule has 50 heavy (non-hydrogen) atoms. The third-order valence-electron chi connectivity index (χ3n) is 10.2. The second-order valence-corrected chi connectivity index (χ2v) is 14.4. The average molecular weight is 709 g/mol. The van der Waals surface area contributed by atoms with Crippen molar-refractivity contribution in [3.05, 3.63) is 36.4 Å². The minimum Gasteiger partial charge on any atom is -0.488 e. The molecule has 0 spiro atoms. The molecule has 2 aliphatic carbocycles. The molecule has 1 aromatic carbocycles. The summed E-state index contributed by atoms with van der Waals surface area (Å²) in [5.74, 6) is -0.621. The first-order valence-electron chi connectivity index (χ1n) is 17.9. The van der Waals surface area contributed by atoms with Gasteiger partial charge in [-0.05, 0) is 76.7 Å². The summed E-state index contributed by atoms with van der Waals surface area (Å²) < 4.78 is 23.2. The minimum absolute atomic E-state index is 0.0946. The molecule has 3 fully saturated rings. The summed E-state index contributed by atoms with van der Waals surface area (Å²) in [7, 11) is 1.31. The van der Waals surface area contributed by atoms with Gasteiger partial charge in [0.25, 0.3) is 0 Å². The SMILES string of the molecule is CCOc1cc(O[C@@H]2C[C@H]3C(=O)N[C@]4(C(=O)OC)C[C@@H]4/C=C\CCCCC[C@H](NC(=O)OC4CCCC4)C(=O)N3C2)c2cccc(SC)c2n1. The van der Waals surface area contributed by atoms with E-state index in [-0.39, 0.29) is 30.9 Å². The number of nitrogens with one attached hydrogen (secondary N) is 2. The third-order valence-corrected chi connectivity index (χ3v) is 11.0. The van der Waals surface area contributed by atoms with Gasteiger partial charge in [-0.1, -0.05) is 31.1 Å². The number of nitrogens with zero attached hydrogens (tertiary/aromatic N) is 2. The van der Waals surface area contributed by atoms with Crippen molar-refractivity contribution in [3.8, 4) is 11.6 Å². The van der Waals surface area contributed by atoms with Crippen LogP contribution in [0.2, 0.25) is 0 Å². The van der Waals surface area contributed by atoms with Crippen LogP contribution in [-0.4, -0.2) is 90.1 Å². The topological polar surface area (TPSA) is 145 Å². The fraction of sp³-hybridized carbons (Fsp3) is 0.595. The molecular formula is C37H48N4O8S. The fourth-order valence-electron chi connectivity index (χ4n) is 7.48. The maximum Gasteiger partial charge on any atom is 0.408 e. The van der Waals surface area contributed by atoms with Gasteiger partial charge in [0, 0.05) is 28.7 Å². The van der Waals surface area contributed by atoms with Crippen molar-refractivity contribution in [2.45, 2.75) is 112 Å². The van der Waals surface area contributed by atoms with Gasteiger partial charge in [-0.15, -0.1) is 11.8 Å². The number of alkyl carbamates (subject to hydrolysis) is 1. The molecule has 2 aliphatic heterocycles. The molecule has 270 valence electrons. The monoisotopic (exact) mass is 708 g/mol. The number of para-hydroxylation sites is 1. The van der Waals surface area contributed by atoms with Gasteiger partial charge < -0.3 is 34.5 Å². The number of hydrogen-bond donors (Lipinski definition) is 2. The highest BCUT2D eigenvalue weighted by molar-refractivity contribution is 7.98. The molecule has 4 aliphatic rings. The fourth-order valence-corrected chi connectivity index (χ4v) is 8.05. The Hall–Kier alpha value is -4.00. The number of carbonyl (C=O) groups excluding carboxylic acids is 4. The predicted octanol–water partition coefficient (Wildman–Crippen LogP) is 5.31. The molecule has 6 rings (SSSR count). The Balaban J connectivity index is 1.31. The summed E-state index contributed by atoms with van der Waals surface area (Å²) in [6.45, 7) is 2.40. The molecule has 5 atom stereocenters. The maximum atomic E-state index is 14.5. The first-order valence-corrected chi connectivity index (χ1v) is 19.1. The van der Waals surface area contributed by atoms with E-state index in [9.17, 15) is 19.2 Å². The number of aromatic nitrogens is 1. The normalized spacial score (nSPS) is 28.0. The summed E-state index contributed by atoms with van der Waals surface area (Å²) >= 11 is 1.57. The van der Waals surface area contributed by atoms with Crippen LogP contribution in [0.5, 0.6) is 11.6 Å². The molecule has 3 amide bonds. The van der Waals surface area contributed by atoms with E-state index < -0.39 is 41.7 Å². The number of pyridine rings is 1. The molecule has 12 nitrogen and oxygen atoms in total. The number of ether oxygens (including phenoxy) is 4. The second-order valence-electron chi connectivity index (χ2n) is 13.6. The van der Waals surface area contributed by atoms with Crippen LogP contribution >= 0.6 is 11.8 Å². The Kier molecular flexibility index (Phi) is 11.4. The van der Waals surface area contributed by atoms with Crippen molar-refractivity contribution in [1.82, 2.24) is 20.5 Å². The molecule has 2 N–H and O–H groups in total. The van der Waals surface area contributed by atoms with E-state index in [1.54, 1.807) is 17.8 Å². The number of allylic oxidation sites excluding steroid dienone is 1. The highest BCUT2D eigenvalue weighted by Gasteiger charge is 2.62. The van der Waals surface area contributed by atoms with Crippen molar-refractivity contribution in [2.75, 3.05) is 26.5 Å². The number of methoxy groups -OCH3 is 1. The predicted molar refractivity (Wildman–Crippen MR) is 188 cm³/mol. The summed E-state index contributed by atoms with van der Waals surface area (Å²) in [5.41, 5.74) is -0.457. The average Bonchev–Trinajstić information content (AvgIpc) is 3.38. The Bertz CT molecular complexity index is 1610. The van der Waals surface area contributed by atoms with Gasteiger partial charge in [0.1, 0.15) is 35.6 Å². The zero-order valence-electron chi connectivity index (χ0n) is 29.1. The lowest BCUT2D eigenvalue weighted by molar-refractivity contribution is -0.148. The molecule has 2 aromatic rings. The van der Waals surface area contributed by atoms with Crippen LogP contribution in [0.3, 0.4) is 0 Å². The van der Waals surface area contributed by atoms with Gasteiger partial charge >= 0.3 is 12.1 Å². The quantitative estimate of drug-likeness (QED) is 0.210.